The van der Waals surface area contributed by atoms with Gasteiger partial charge >= 0.3 is 0 Å². The van der Waals surface area contributed by atoms with Crippen molar-refractivity contribution in [2.75, 3.05) is 12.8 Å². The van der Waals surface area contributed by atoms with E-state index in [1.807, 2.05) is 17.1 Å². The fraction of sp³-hybridized carbons (Fsp3) is 0.750. The van der Waals surface area contributed by atoms with E-state index in [1.54, 1.807) is 0 Å². The Hall–Kier alpha value is -0.130. The number of rotatable bonds is 6. The first-order chi connectivity index (χ1) is 6.33. The Kier molecular flexibility index (Phi) is 5.34. The highest BCUT2D eigenvalue weighted by molar-refractivity contribution is 7.99. The molecule has 1 atom stereocenters. The molecule has 0 saturated carbocycles. The minimum Gasteiger partial charge on any atom is -0.311 e. The molecule has 13 heavy (non-hydrogen) atoms. The van der Waals surface area contributed by atoms with Gasteiger partial charge in [-0.1, -0.05) is 11.4 Å². The van der Waals surface area contributed by atoms with Crippen LogP contribution < -0.4 is 5.32 Å². The summed E-state index contributed by atoms with van der Waals surface area (Å²) >= 11 is 3.31. The Morgan fingerprint density at radius 1 is 1.69 bits per heavy atom. The first kappa shape index (κ1) is 10.9. The molecule has 1 N–H and O–H groups in total. The van der Waals surface area contributed by atoms with Crippen molar-refractivity contribution in [3.05, 3.63) is 11.1 Å². The summed E-state index contributed by atoms with van der Waals surface area (Å²) in [7, 11) is 0. The quantitative estimate of drug-likeness (QED) is 0.737. The van der Waals surface area contributed by atoms with Crippen molar-refractivity contribution in [3.63, 3.8) is 0 Å². The topological polar surface area (TPSA) is 37.8 Å². The predicted molar refractivity (Wildman–Crippen MR) is 59.2 cm³/mol. The predicted octanol–water partition coefficient (Wildman–Crippen LogP) is 1.77. The lowest BCUT2D eigenvalue weighted by Gasteiger charge is -2.07. The summed E-state index contributed by atoms with van der Waals surface area (Å²) in [4.78, 5) is 0. The molecule has 74 valence electrons. The maximum atomic E-state index is 3.95. The summed E-state index contributed by atoms with van der Waals surface area (Å²) < 4.78 is 3.80. The molecule has 0 spiro atoms. The van der Waals surface area contributed by atoms with Crippen molar-refractivity contribution in [1.82, 2.24) is 14.9 Å². The fourth-order valence-corrected chi connectivity index (χ4v) is 1.71. The molecular formula is C8H15N3S2. The average Bonchev–Trinajstić information content (AvgIpc) is 2.64. The lowest BCUT2D eigenvalue weighted by Crippen LogP contribution is -2.17. The number of thioether (sulfide) groups is 1. The van der Waals surface area contributed by atoms with Gasteiger partial charge in [0, 0.05) is 17.2 Å². The smallest absolute Gasteiger partial charge is 0.0893 e. The van der Waals surface area contributed by atoms with Gasteiger partial charge in [-0.15, -0.1) is 5.10 Å². The van der Waals surface area contributed by atoms with Crippen molar-refractivity contribution in [1.29, 1.82) is 0 Å². The van der Waals surface area contributed by atoms with Crippen LogP contribution in [0.5, 0.6) is 0 Å². The SMILES string of the molecule is CSC(C)CCNCc1csnn1. The van der Waals surface area contributed by atoms with E-state index in [0.29, 0.717) is 0 Å². The molecule has 0 saturated heterocycles. The lowest BCUT2D eigenvalue weighted by molar-refractivity contribution is 0.638. The highest BCUT2D eigenvalue weighted by Gasteiger charge is 1.99. The summed E-state index contributed by atoms with van der Waals surface area (Å²) in [5.41, 5.74) is 1.04. The Morgan fingerprint density at radius 3 is 3.15 bits per heavy atom. The number of nitrogens with one attached hydrogen (secondary N) is 1. The van der Waals surface area contributed by atoms with Crippen LogP contribution in [-0.4, -0.2) is 27.6 Å². The van der Waals surface area contributed by atoms with Gasteiger partial charge < -0.3 is 5.32 Å². The van der Waals surface area contributed by atoms with Crippen LogP contribution in [0.3, 0.4) is 0 Å². The molecule has 0 bridgehead atoms. The monoisotopic (exact) mass is 217 g/mol. The molecule has 0 aliphatic heterocycles. The molecule has 1 heterocycles. The molecule has 1 aromatic rings. The van der Waals surface area contributed by atoms with E-state index in [0.717, 1.165) is 24.0 Å². The third-order valence-corrected chi connectivity index (χ3v) is 3.44. The summed E-state index contributed by atoms with van der Waals surface area (Å²) in [6, 6.07) is 0. The molecule has 0 aliphatic carbocycles. The Balaban J connectivity index is 2.02. The van der Waals surface area contributed by atoms with Gasteiger partial charge in [0.25, 0.3) is 0 Å². The van der Waals surface area contributed by atoms with Crippen molar-refractivity contribution < 1.29 is 0 Å². The zero-order chi connectivity index (χ0) is 9.52. The van der Waals surface area contributed by atoms with E-state index in [9.17, 15) is 0 Å². The van der Waals surface area contributed by atoms with Crippen LogP contribution in [0.1, 0.15) is 19.0 Å². The van der Waals surface area contributed by atoms with Crippen LogP contribution in [0.25, 0.3) is 0 Å². The molecule has 0 radical (unpaired) electrons. The molecule has 1 aromatic heterocycles. The van der Waals surface area contributed by atoms with Crippen LogP contribution in [0.4, 0.5) is 0 Å². The third kappa shape index (κ3) is 4.59. The number of hydrogen-bond donors (Lipinski definition) is 1. The van der Waals surface area contributed by atoms with Gasteiger partial charge in [-0.2, -0.15) is 11.8 Å². The van der Waals surface area contributed by atoms with Crippen LogP contribution in [0.15, 0.2) is 5.38 Å². The Morgan fingerprint density at radius 2 is 2.54 bits per heavy atom. The maximum absolute atomic E-state index is 3.95. The molecule has 0 fully saturated rings. The second-order valence-corrected chi connectivity index (χ2v) is 4.79. The summed E-state index contributed by atoms with van der Waals surface area (Å²) in [6.45, 7) is 4.15. The van der Waals surface area contributed by atoms with Crippen LogP contribution in [-0.2, 0) is 6.54 Å². The summed E-state index contributed by atoms with van der Waals surface area (Å²) in [6.07, 6.45) is 3.35. The minimum absolute atomic E-state index is 0.737. The van der Waals surface area contributed by atoms with Gasteiger partial charge in [0.15, 0.2) is 0 Å². The van der Waals surface area contributed by atoms with Gasteiger partial charge in [-0.25, -0.2) is 0 Å². The second-order valence-electron chi connectivity index (χ2n) is 2.91. The van der Waals surface area contributed by atoms with E-state index in [1.165, 1.54) is 18.0 Å². The van der Waals surface area contributed by atoms with Gasteiger partial charge in [-0.3, -0.25) is 0 Å². The summed E-state index contributed by atoms with van der Waals surface area (Å²) in [5, 5.41) is 10.0. The van der Waals surface area contributed by atoms with Crippen LogP contribution in [0.2, 0.25) is 0 Å². The molecule has 5 heteroatoms. The first-order valence-corrected chi connectivity index (χ1v) is 6.45. The Labute approximate surface area is 87.5 Å². The Bertz CT molecular complexity index is 213. The summed E-state index contributed by atoms with van der Waals surface area (Å²) in [5.74, 6) is 0. The van der Waals surface area contributed by atoms with Crippen molar-refractivity contribution >= 4 is 23.3 Å². The van der Waals surface area contributed by atoms with Crippen molar-refractivity contribution in [2.24, 2.45) is 0 Å². The molecule has 0 aliphatic rings. The second kappa shape index (κ2) is 6.34. The van der Waals surface area contributed by atoms with Gasteiger partial charge in [0.2, 0.25) is 0 Å². The van der Waals surface area contributed by atoms with E-state index in [2.05, 4.69) is 28.1 Å². The molecule has 3 nitrogen and oxygen atoms in total. The zero-order valence-corrected chi connectivity index (χ0v) is 9.62. The van der Waals surface area contributed by atoms with Crippen LogP contribution in [0, 0.1) is 0 Å². The standard InChI is InChI=1S/C8H15N3S2/c1-7(12-2)3-4-9-5-8-6-13-11-10-8/h6-7,9H,3-5H2,1-2H3. The lowest BCUT2D eigenvalue weighted by atomic mass is 10.3. The third-order valence-electron chi connectivity index (χ3n) is 1.84. The number of aromatic nitrogens is 2. The number of nitrogens with zero attached hydrogens (tertiary/aromatic N) is 2. The molecule has 0 aromatic carbocycles. The minimum atomic E-state index is 0.737. The van der Waals surface area contributed by atoms with E-state index in [-0.39, 0.29) is 0 Å². The largest absolute Gasteiger partial charge is 0.311 e. The molecular weight excluding hydrogens is 202 g/mol. The highest BCUT2D eigenvalue weighted by Crippen LogP contribution is 2.08. The van der Waals surface area contributed by atoms with Crippen LogP contribution >= 0.6 is 23.3 Å². The van der Waals surface area contributed by atoms with Gasteiger partial charge in [0.05, 0.1) is 5.69 Å². The maximum Gasteiger partial charge on any atom is 0.0893 e. The molecule has 1 unspecified atom stereocenters. The zero-order valence-electron chi connectivity index (χ0n) is 7.99. The highest BCUT2D eigenvalue weighted by atomic mass is 32.2. The first-order valence-electron chi connectivity index (χ1n) is 4.32. The van der Waals surface area contributed by atoms with E-state index in [4.69, 9.17) is 0 Å². The van der Waals surface area contributed by atoms with Gasteiger partial charge in [-0.05, 0) is 30.8 Å². The van der Waals surface area contributed by atoms with Crippen molar-refractivity contribution in [2.45, 2.75) is 25.1 Å². The van der Waals surface area contributed by atoms with Gasteiger partial charge in [0.1, 0.15) is 0 Å². The number of hydrogen-bond acceptors (Lipinski definition) is 5. The van der Waals surface area contributed by atoms with Crippen molar-refractivity contribution in [3.8, 4) is 0 Å². The normalized spacial score (nSPS) is 13.1. The fourth-order valence-electron chi connectivity index (χ4n) is 0.901. The van der Waals surface area contributed by atoms with E-state index < -0.39 is 0 Å². The van der Waals surface area contributed by atoms with E-state index >= 15 is 0 Å². The average molecular weight is 217 g/mol. The molecule has 0 amide bonds. The molecule has 1 rings (SSSR count).